The monoisotopic (exact) mass is 304 g/mol. The van der Waals surface area contributed by atoms with Crippen molar-refractivity contribution in [2.75, 3.05) is 18.9 Å². The van der Waals surface area contributed by atoms with E-state index < -0.39 is 0 Å². The number of benzene rings is 1. The van der Waals surface area contributed by atoms with Gasteiger partial charge in [-0.15, -0.1) is 0 Å². The second-order valence-corrected chi connectivity index (χ2v) is 6.08. The van der Waals surface area contributed by atoms with Gasteiger partial charge in [0.1, 0.15) is 5.69 Å². The van der Waals surface area contributed by atoms with Gasteiger partial charge in [0.2, 0.25) is 5.88 Å². The van der Waals surface area contributed by atoms with E-state index in [9.17, 15) is 0 Å². The summed E-state index contributed by atoms with van der Waals surface area (Å²) in [5.74, 6) is 1.66. The molecule has 1 aromatic carbocycles. The Morgan fingerprint density at radius 2 is 1.77 bits per heavy atom. The van der Waals surface area contributed by atoms with Gasteiger partial charge in [-0.25, -0.2) is 0 Å². The molecule has 2 rings (SSSR count). The van der Waals surface area contributed by atoms with Crippen LogP contribution in [0.25, 0.3) is 11.3 Å². The lowest BCUT2D eigenvalue weighted by molar-refractivity contribution is 0.288. The lowest BCUT2D eigenvalue weighted by atomic mass is 9.85. The fourth-order valence-electron chi connectivity index (χ4n) is 2.20. The van der Waals surface area contributed by atoms with Crippen molar-refractivity contribution < 1.29 is 14.0 Å². The molecule has 0 aliphatic rings. The van der Waals surface area contributed by atoms with E-state index in [0.717, 1.165) is 11.1 Å². The van der Waals surface area contributed by atoms with Gasteiger partial charge in [0, 0.05) is 6.07 Å². The molecule has 0 spiro atoms. The molecular weight excluding hydrogens is 280 g/mol. The molecule has 0 radical (unpaired) electrons. The SMILES string of the molecule is CCOc1cc(C(C)(C)C)cc(-c2cc(N)on2)c1OCC. The fraction of sp³-hybridized carbons (Fsp3) is 0.471. The maximum absolute atomic E-state index is 5.80. The Hall–Kier alpha value is -2.17. The summed E-state index contributed by atoms with van der Waals surface area (Å²) in [6.07, 6.45) is 0. The quantitative estimate of drug-likeness (QED) is 0.903. The van der Waals surface area contributed by atoms with Gasteiger partial charge >= 0.3 is 0 Å². The van der Waals surface area contributed by atoms with Crippen LogP contribution in [-0.4, -0.2) is 18.4 Å². The largest absolute Gasteiger partial charge is 0.490 e. The van der Waals surface area contributed by atoms with E-state index >= 15 is 0 Å². The Bertz CT molecular complexity index is 642. The first-order valence-electron chi connectivity index (χ1n) is 7.53. The molecule has 120 valence electrons. The van der Waals surface area contributed by atoms with Crippen LogP contribution in [0.2, 0.25) is 0 Å². The number of nitrogen functional groups attached to an aromatic ring is 1. The maximum atomic E-state index is 5.80. The van der Waals surface area contributed by atoms with E-state index in [1.165, 1.54) is 0 Å². The molecule has 2 N–H and O–H groups in total. The highest BCUT2D eigenvalue weighted by Gasteiger charge is 2.22. The molecule has 0 bridgehead atoms. The lowest BCUT2D eigenvalue weighted by Crippen LogP contribution is -2.12. The highest BCUT2D eigenvalue weighted by atomic mass is 16.5. The van der Waals surface area contributed by atoms with Crippen molar-refractivity contribution in [3.05, 3.63) is 23.8 Å². The summed E-state index contributed by atoms with van der Waals surface area (Å²) in [7, 11) is 0. The van der Waals surface area contributed by atoms with Crippen LogP contribution in [0.15, 0.2) is 22.7 Å². The van der Waals surface area contributed by atoms with Crippen molar-refractivity contribution in [2.24, 2.45) is 0 Å². The van der Waals surface area contributed by atoms with Crippen LogP contribution >= 0.6 is 0 Å². The molecule has 0 aliphatic carbocycles. The highest BCUT2D eigenvalue weighted by molar-refractivity contribution is 5.73. The molecule has 5 nitrogen and oxygen atoms in total. The summed E-state index contributed by atoms with van der Waals surface area (Å²) >= 11 is 0. The fourth-order valence-corrected chi connectivity index (χ4v) is 2.20. The summed E-state index contributed by atoms with van der Waals surface area (Å²) in [5.41, 5.74) is 8.25. The van der Waals surface area contributed by atoms with Crippen molar-refractivity contribution in [3.63, 3.8) is 0 Å². The molecule has 2 aromatic rings. The predicted molar refractivity (Wildman–Crippen MR) is 87.4 cm³/mol. The molecule has 0 atom stereocenters. The second kappa shape index (κ2) is 6.30. The molecule has 22 heavy (non-hydrogen) atoms. The smallest absolute Gasteiger partial charge is 0.222 e. The zero-order chi connectivity index (χ0) is 16.3. The molecule has 0 saturated heterocycles. The minimum atomic E-state index is -0.0272. The van der Waals surface area contributed by atoms with Gasteiger partial charge in [-0.1, -0.05) is 25.9 Å². The minimum Gasteiger partial charge on any atom is -0.490 e. The van der Waals surface area contributed by atoms with Crippen molar-refractivity contribution in [1.82, 2.24) is 5.16 Å². The van der Waals surface area contributed by atoms with Gasteiger partial charge < -0.3 is 19.7 Å². The third-order valence-corrected chi connectivity index (χ3v) is 3.31. The molecule has 0 fully saturated rings. The maximum Gasteiger partial charge on any atom is 0.222 e. The average molecular weight is 304 g/mol. The Labute approximate surface area is 131 Å². The lowest BCUT2D eigenvalue weighted by Gasteiger charge is -2.23. The standard InChI is InChI=1S/C17H24N2O3/c1-6-20-14-9-11(17(3,4)5)8-12(16(14)21-7-2)13-10-15(18)22-19-13/h8-10H,6-7,18H2,1-5H3. The van der Waals surface area contributed by atoms with Crippen LogP contribution in [0.4, 0.5) is 5.88 Å². The summed E-state index contributed by atoms with van der Waals surface area (Å²) in [6, 6.07) is 5.78. The molecule has 0 aliphatic heterocycles. The first-order chi connectivity index (χ1) is 10.4. The topological polar surface area (TPSA) is 70.5 Å². The average Bonchev–Trinajstić information content (AvgIpc) is 2.86. The molecule has 5 heteroatoms. The number of hydrogen-bond donors (Lipinski definition) is 1. The summed E-state index contributed by atoms with van der Waals surface area (Å²) < 4.78 is 16.6. The number of hydrogen-bond acceptors (Lipinski definition) is 5. The molecule has 0 saturated carbocycles. The van der Waals surface area contributed by atoms with Crippen LogP contribution in [0.3, 0.4) is 0 Å². The van der Waals surface area contributed by atoms with E-state index in [2.05, 4.69) is 32.0 Å². The molecule has 0 unspecified atom stereocenters. The Morgan fingerprint density at radius 1 is 1.09 bits per heavy atom. The molecule has 1 aromatic heterocycles. The number of aromatic nitrogens is 1. The zero-order valence-electron chi connectivity index (χ0n) is 13.9. The van der Waals surface area contributed by atoms with Crippen molar-refractivity contribution in [1.29, 1.82) is 0 Å². The summed E-state index contributed by atoms with van der Waals surface area (Å²) in [4.78, 5) is 0. The number of ether oxygens (including phenoxy) is 2. The van der Waals surface area contributed by atoms with Gasteiger partial charge in [0.15, 0.2) is 11.5 Å². The van der Waals surface area contributed by atoms with Gasteiger partial charge in [0.25, 0.3) is 0 Å². The van der Waals surface area contributed by atoms with Crippen molar-refractivity contribution in [2.45, 2.75) is 40.0 Å². The Balaban J connectivity index is 2.68. The van der Waals surface area contributed by atoms with Crippen LogP contribution in [0.1, 0.15) is 40.2 Å². The van der Waals surface area contributed by atoms with E-state index in [0.29, 0.717) is 30.4 Å². The first kappa shape index (κ1) is 16.2. The van der Waals surface area contributed by atoms with E-state index in [1.807, 2.05) is 19.9 Å². The minimum absolute atomic E-state index is 0.0272. The van der Waals surface area contributed by atoms with Crippen LogP contribution in [-0.2, 0) is 5.41 Å². The zero-order valence-corrected chi connectivity index (χ0v) is 13.9. The number of anilines is 1. The van der Waals surface area contributed by atoms with Gasteiger partial charge in [-0.2, -0.15) is 0 Å². The van der Waals surface area contributed by atoms with E-state index in [-0.39, 0.29) is 11.3 Å². The van der Waals surface area contributed by atoms with E-state index in [4.69, 9.17) is 19.7 Å². The van der Waals surface area contributed by atoms with Crippen molar-refractivity contribution >= 4 is 5.88 Å². The van der Waals surface area contributed by atoms with Crippen LogP contribution in [0.5, 0.6) is 11.5 Å². The third-order valence-electron chi connectivity index (χ3n) is 3.31. The molecular formula is C17H24N2O3. The van der Waals surface area contributed by atoms with Crippen LogP contribution < -0.4 is 15.2 Å². The molecule has 0 amide bonds. The number of nitrogens with zero attached hydrogens (tertiary/aromatic N) is 1. The normalized spacial score (nSPS) is 11.5. The number of nitrogens with two attached hydrogens (primary N) is 1. The van der Waals surface area contributed by atoms with Gasteiger partial charge in [-0.3, -0.25) is 0 Å². The highest BCUT2D eigenvalue weighted by Crippen LogP contribution is 2.42. The number of rotatable bonds is 5. The summed E-state index contributed by atoms with van der Waals surface area (Å²) in [5, 5.41) is 4.02. The molecule has 1 heterocycles. The third kappa shape index (κ3) is 3.35. The van der Waals surface area contributed by atoms with E-state index in [1.54, 1.807) is 6.07 Å². The Kier molecular flexibility index (Phi) is 4.64. The first-order valence-corrected chi connectivity index (χ1v) is 7.53. The Morgan fingerprint density at radius 3 is 2.27 bits per heavy atom. The van der Waals surface area contributed by atoms with Crippen molar-refractivity contribution in [3.8, 4) is 22.8 Å². The van der Waals surface area contributed by atoms with Gasteiger partial charge in [-0.05, 0) is 37.0 Å². The van der Waals surface area contributed by atoms with Gasteiger partial charge in [0.05, 0.1) is 18.8 Å². The predicted octanol–water partition coefficient (Wildman–Crippen LogP) is 4.02. The van der Waals surface area contributed by atoms with Crippen LogP contribution in [0, 0.1) is 0 Å². The summed E-state index contributed by atoms with van der Waals surface area (Å²) in [6.45, 7) is 11.4. The second-order valence-electron chi connectivity index (χ2n) is 6.08.